The molecule has 130 valence electrons. The van der Waals surface area contributed by atoms with Crippen molar-refractivity contribution in [3.63, 3.8) is 0 Å². The van der Waals surface area contributed by atoms with E-state index in [1.807, 2.05) is 30.3 Å². The van der Waals surface area contributed by atoms with Gasteiger partial charge in [-0.1, -0.05) is 48.2 Å². The van der Waals surface area contributed by atoms with Crippen LogP contribution in [0.3, 0.4) is 0 Å². The fourth-order valence-electron chi connectivity index (χ4n) is 2.55. The fraction of sp³-hybridized carbons (Fsp3) is 0.150. The van der Waals surface area contributed by atoms with Gasteiger partial charge >= 0.3 is 6.03 Å². The van der Waals surface area contributed by atoms with Gasteiger partial charge in [-0.05, 0) is 23.8 Å². The molecule has 1 aliphatic heterocycles. The number of nitrogens with zero attached hydrogens (tertiary/aromatic N) is 1. The summed E-state index contributed by atoms with van der Waals surface area (Å²) in [5.74, 6) is 5.26. The van der Waals surface area contributed by atoms with E-state index in [-0.39, 0.29) is 31.4 Å². The average molecular weight is 347 g/mol. The lowest BCUT2D eigenvalue weighted by atomic mass is 10.1. The number of imide groups is 1. The molecule has 0 spiro atoms. The summed E-state index contributed by atoms with van der Waals surface area (Å²) in [4.78, 5) is 37.0. The summed E-state index contributed by atoms with van der Waals surface area (Å²) in [6, 6.07) is 15.9. The quantitative estimate of drug-likeness (QED) is 0.650. The Labute approximate surface area is 151 Å². The van der Waals surface area contributed by atoms with Crippen molar-refractivity contribution >= 4 is 17.8 Å². The van der Waals surface area contributed by atoms with E-state index in [1.165, 1.54) is 0 Å². The number of carbonyl (C=O) groups is 3. The standard InChI is InChI=1S/C20H17N3O3/c24-18-13-22-20(26)23(18)14-16-10-4-5-11-17(16)19(25)21-12-6-9-15-7-2-1-3-8-15/h1-5,7-8,10-11H,12-14H2,(H,21,25)(H,22,26). The minimum atomic E-state index is -0.445. The molecule has 0 radical (unpaired) electrons. The third kappa shape index (κ3) is 4.08. The molecule has 1 aliphatic rings. The number of hydrogen-bond acceptors (Lipinski definition) is 3. The Morgan fingerprint density at radius 1 is 1.08 bits per heavy atom. The molecule has 2 N–H and O–H groups in total. The molecule has 0 unspecified atom stereocenters. The predicted molar refractivity (Wildman–Crippen MR) is 96.0 cm³/mol. The normalized spacial score (nSPS) is 13.0. The highest BCUT2D eigenvalue weighted by molar-refractivity contribution is 6.02. The molecular weight excluding hydrogens is 330 g/mol. The zero-order chi connectivity index (χ0) is 18.4. The molecule has 6 heteroatoms. The molecule has 3 rings (SSSR count). The van der Waals surface area contributed by atoms with Gasteiger partial charge in [-0.15, -0.1) is 0 Å². The zero-order valence-corrected chi connectivity index (χ0v) is 14.0. The number of carbonyl (C=O) groups excluding carboxylic acids is 3. The molecule has 2 aromatic carbocycles. The van der Waals surface area contributed by atoms with E-state index in [1.54, 1.807) is 24.3 Å². The van der Waals surface area contributed by atoms with Crippen molar-refractivity contribution in [2.45, 2.75) is 6.54 Å². The Morgan fingerprint density at radius 3 is 2.54 bits per heavy atom. The minimum Gasteiger partial charge on any atom is -0.341 e. The van der Waals surface area contributed by atoms with Crippen LogP contribution in [-0.4, -0.2) is 35.8 Å². The second-order valence-corrected chi connectivity index (χ2v) is 5.65. The van der Waals surface area contributed by atoms with Gasteiger partial charge in [0.1, 0.15) is 0 Å². The van der Waals surface area contributed by atoms with E-state index in [0.29, 0.717) is 11.1 Å². The van der Waals surface area contributed by atoms with Crippen molar-refractivity contribution in [2.24, 2.45) is 0 Å². The van der Waals surface area contributed by atoms with E-state index < -0.39 is 6.03 Å². The lowest BCUT2D eigenvalue weighted by molar-refractivity contribution is -0.125. The SMILES string of the molecule is O=C(NCC#Cc1ccccc1)c1ccccc1CN1C(=O)CNC1=O. The smallest absolute Gasteiger partial charge is 0.324 e. The predicted octanol–water partition coefficient (Wildman–Crippen LogP) is 1.52. The van der Waals surface area contributed by atoms with E-state index in [4.69, 9.17) is 0 Å². The lowest BCUT2D eigenvalue weighted by Crippen LogP contribution is -2.32. The molecule has 1 fully saturated rings. The van der Waals surface area contributed by atoms with Gasteiger partial charge < -0.3 is 10.6 Å². The number of nitrogens with one attached hydrogen (secondary N) is 2. The van der Waals surface area contributed by atoms with Crippen LogP contribution in [0.4, 0.5) is 4.79 Å². The van der Waals surface area contributed by atoms with Crippen LogP contribution >= 0.6 is 0 Å². The topological polar surface area (TPSA) is 78.5 Å². The van der Waals surface area contributed by atoms with Gasteiger partial charge in [0.05, 0.1) is 19.6 Å². The van der Waals surface area contributed by atoms with Crippen LogP contribution < -0.4 is 10.6 Å². The molecule has 0 bridgehead atoms. The van der Waals surface area contributed by atoms with Gasteiger partial charge in [-0.2, -0.15) is 0 Å². The van der Waals surface area contributed by atoms with Crippen molar-refractivity contribution in [1.29, 1.82) is 0 Å². The first kappa shape index (κ1) is 17.2. The molecule has 4 amide bonds. The first-order valence-corrected chi connectivity index (χ1v) is 8.13. The Bertz CT molecular complexity index is 881. The van der Waals surface area contributed by atoms with Crippen LogP contribution in [0.5, 0.6) is 0 Å². The molecule has 2 aromatic rings. The summed E-state index contributed by atoms with van der Waals surface area (Å²) < 4.78 is 0. The number of amides is 4. The molecule has 1 heterocycles. The van der Waals surface area contributed by atoms with Crippen LogP contribution in [0.15, 0.2) is 54.6 Å². The largest absolute Gasteiger partial charge is 0.341 e. The van der Waals surface area contributed by atoms with Crippen molar-refractivity contribution in [2.75, 3.05) is 13.1 Å². The first-order chi connectivity index (χ1) is 12.6. The van der Waals surface area contributed by atoms with Crippen molar-refractivity contribution < 1.29 is 14.4 Å². The average Bonchev–Trinajstić information content (AvgIpc) is 2.98. The molecular formula is C20H17N3O3. The molecule has 0 saturated carbocycles. The number of rotatable bonds is 4. The summed E-state index contributed by atoms with van der Waals surface area (Å²) in [6.45, 7) is 0.247. The monoisotopic (exact) mass is 347 g/mol. The van der Waals surface area contributed by atoms with Crippen LogP contribution in [-0.2, 0) is 11.3 Å². The molecule has 6 nitrogen and oxygen atoms in total. The third-order valence-electron chi connectivity index (χ3n) is 3.87. The number of urea groups is 1. The van der Waals surface area contributed by atoms with Gasteiger partial charge in [0.25, 0.3) is 5.91 Å². The van der Waals surface area contributed by atoms with E-state index in [2.05, 4.69) is 22.5 Å². The highest BCUT2D eigenvalue weighted by Gasteiger charge is 2.29. The second kappa shape index (κ2) is 7.99. The summed E-state index contributed by atoms with van der Waals surface area (Å²) in [5.41, 5.74) is 1.90. The number of hydrogen-bond donors (Lipinski definition) is 2. The lowest BCUT2D eigenvalue weighted by Gasteiger charge is -2.15. The summed E-state index contributed by atoms with van der Waals surface area (Å²) in [7, 11) is 0. The summed E-state index contributed by atoms with van der Waals surface area (Å²) in [6.07, 6.45) is 0. The fourth-order valence-corrected chi connectivity index (χ4v) is 2.55. The van der Waals surface area contributed by atoms with Gasteiger partial charge in [-0.3, -0.25) is 14.5 Å². The van der Waals surface area contributed by atoms with Crippen LogP contribution in [0.1, 0.15) is 21.5 Å². The second-order valence-electron chi connectivity index (χ2n) is 5.65. The molecule has 0 aromatic heterocycles. The van der Waals surface area contributed by atoms with E-state index in [0.717, 1.165) is 10.5 Å². The maximum absolute atomic E-state index is 12.4. The van der Waals surface area contributed by atoms with E-state index >= 15 is 0 Å². The third-order valence-corrected chi connectivity index (χ3v) is 3.87. The first-order valence-electron chi connectivity index (χ1n) is 8.13. The van der Waals surface area contributed by atoms with Crippen LogP contribution in [0, 0.1) is 11.8 Å². The van der Waals surface area contributed by atoms with Crippen molar-refractivity contribution in [3.05, 3.63) is 71.3 Å². The van der Waals surface area contributed by atoms with Crippen molar-refractivity contribution in [1.82, 2.24) is 15.5 Å². The molecule has 1 saturated heterocycles. The highest BCUT2D eigenvalue weighted by atomic mass is 16.2. The highest BCUT2D eigenvalue weighted by Crippen LogP contribution is 2.14. The molecule has 0 aliphatic carbocycles. The minimum absolute atomic E-state index is 0.0116. The zero-order valence-electron chi connectivity index (χ0n) is 14.0. The molecule has 26 heavy (non-hydrogen) atoms. The molecule has 0 atom stereocenters. The van der Waals surface area contributed by atoms with Crippen molar-refractivity contribution in [3.8, 4) is 11.8 Å². The Balaban J connectivity index is 1.65. The van der Waals surface area contributed by atoms with Crippen LogP contribution in [0.25, 0.3) is 0 Å². The number of benzene rings is 2. The van der Waals surface area contributed by atoms with Crippen LogP contribution in [0.2, 0.25) is 0 Å². The Hall–Kier alpha value is -3.59. The van der Waals surface area contributed by atoms with Gasteiger partial charge in [0.2, 0.25) is 5.91 Å². The summed E-state index contributed by atoms with van der Waals surface area (Å²) >= 11 is 0. The van der Waals surface area contributed by atoms with Gasteiger partial charge in [-0.25, -0.2) is 4.79 Å². The summed E-state index contributed by atoms with van der Waals surface area (Å²) in [5, 5.41) is 5.20. The maximum Gasteiger partial charge on any atom is 0.324 e. The van der Waals surface area contributed by atoms with Gasteiger partial charge in [0, 0.05) is 11.1 Å². The van der Waals surface area contributed by atoms with Gasteiger partial charge in [0.15, 0.2) is 0 Å². The van der Waals surface area contributed by atoms with E-state index in [9.17, 15) is 14.4 Å². The maximum atomic E-state index is 12.4. The Morgan fingerprint density at radius 2 is 1.81 bits per heavy atom. The Kier molecular flexibility index (Phi) is 5.30.